The third-order valence-corrected chi connectivity index (χ3v) is 3.60. The molecule has 0 saturated heterocycles. The molecule has 0 spiro atoms. The number of benzene rings is 2. The van der Waals surface area contributed by atoms with Crippen LogP contribution in [0.4, 0.5) is 8.78 Å². The molecule has 1 atom stereocenters. The van der Waals surface area contributed by atoms with Crippen molar-refractivity contribution in [1.82, 2.24) is 0 Å². The SMILES string of the molecule is CC(N)Cc1cccc(Br)c1OCc1ccc(F)cc1F. The molecule has 112 valence electrons. The Hall–Kier alpha value is -1.46. The lowest BCUT2D eigenvalue weighted by atomic mass is 10.1. The number of ether oxygens (including phenoxy) is 1. The molecule has 0 aliphatic rings. The molecule has 21 heavy (non-hydrogen) atoms. The molecule has 0 radical (unpaired) electrons. The zero-order valence-corrected chi connectivity index (χ0v) is 13.2. The standard InChI is InChI=1S/C16H16BrF2NO/c1-10(20)7-11-3-2-4-14(17)16(11)21-9-12-5-6-13(18)8-15(12)19/h2-6,8,10H,7,9,20H2,1H3. The van der Waals surface area contributed by atoms with E-state index < -0.39 is 11.6 Å². The lowest BCUT2D eigenvalue weighted by molar-refractivity contribution is 0.294. The van der Waals surface area contributed by atoms with E-state index in [1.807, 2.05) is 25.1 Å². The fourth-order valence-corrected chi connectivity index (χ4v) is 2.53. The van der Waals surface area contributed by atoms with E-state index in [9.17, 15) is 8.78 Å². The van der Waals surface area contributed by atoms with Crippen molar-refractivity contribution in [2.75, 3.05) is 0 Å². The van der Waals surface area contributed by atoms with Crippen LogP contribution in [0.25, 0.3) is 0 Å². The first kappa shape index (κ1) is 15.9. The second-order valence-electron chi connectivity index (χ2n) is 4.93. The van der Waals surface area contributed by atoms with E-state index in [1.54, 1.807) is 0 Å². The first-order valence-electron chi connectivity index (χ1n) is 6.57. The fourth-order valence-electron chi connectivity index (χ4n) is 2.01. The van der Waals surface area contributed by atoms with Crippen molar-refractivity contribution in [3.8, 4) is 5.75 Å². The first-order valence-corrected chi connectivity index (χ1v) is 7.36. The highest BCUT2D eigenvalue weighted by Crippen LogP contribution is 2.30. The smallest absolute Gasteiger partial charge is 0.137 e. The summed E-state index contributed by atoms with van der Waals surface area (Å²) in [6.45, 7) is 1.94. The summed E-state index contributed by atoms with van der Waals surface area (Å²) in [5, 5.41) is 0. The molecule has 2 rings (SSSR count). The molecule has 0 fully saturated rings. The van der Waals surface area contributed by atoms with Crippen molar-refractivity contribution in [2.45, 2.75) is 26.0 Å². The van der Waals surface area contributed by atoms with Crippen LogP contribution in [0, 0.1) is 11.6 Å². The Morgan fingerprint density at radius 1 is 1.19 bits per heavy atom. The normalized spacial score (nSPS) is 12.2. The molecular weight excluding hydrogens is 340 g/mol. The van der Waals surface area contributed by atoms with Gasteiger partial charge in [-0.2, -0.15) is 0 Å². The van der Waals surface area contributed by atoms with Gasteiger partial charge in [-0.05, 0) is 53.0 Å². The van der Waals surface area contributed by atoms with Gasteiger partial charge in [-0.15, -0.1) is 0 Å². The van der Waals surface area contributed by atoms with Gasteiger partial charge >= 0.3 is 0 Å². The van der Waals surface area contributed by atoms with Crippen LogP contribution in [0.5, 0.6) is 5.75 Å². The molecular formula is C16H16BrF2NO. The highest BCUT2D eigenvalue weighted by atomic mass is 79.9. The summed E-state index contributed by atoms with van der Waals surface area (Å²) in [4.78, 5) is 0. The van der Waals surface area contributed by atoms with Gasteiger partial charge in [0.1, 0.15) is 24.0 Å². The van der Waals surface area contributed by atoms with Gasteiger partial charge in [0.15, 0.2) is 0 Å². The summed E-state index contributed by atoms with van der Waals surface area (Å²) in [6.07, 6.45) is 0.653. The minimum atomic E-state index is -0.615. The van der Waals surface area contributed by atoms with E-state index in [1.165, 1.54) is 12.1 Å². The molecule has 2 aromatic carbocycles. The number of halogens is 3. The highest BCUT2D eigenvalue weighted by molar-refractivity contribution is 9.10. The van der Waals surface area contributed by atoms with Gasteiger partial charge in [0, 0.05) is 17.7 Å². The van der Waals surface area contributed by atoms with Gasteiger partial charge in [-0.1, -0.05) is 12.1 Å². The maximum absolute atomic E-state index is 13.6. The predicted molar refractivity (Wildman–Crippen MR) is 82.2 cm³/mol. The third-order valence-electron chi connectivity index (χ3n) is 2.98. The highest BCUT2D eigenvalue weighted by Gasteiger charge is 2.11. The van der Waals surface area contributed by atoms with E-state index >= 15 is 0 Å². The fraction of sp³-hybridized carbons (Fsp3) is 0.250. The Morgan fingerprint density at radius 2 is 1.95 bits per heavy atom. The summed E-state index contributed by atoms with van der Waals surface area (Å²) in [6, 6.07) is 9.10. The summed E-state index contributed by atoms with van der Waals surface area (Å²) in [7, 11) is 0. The maximum Gasteiger partial charge on any atom is 0.137 e. The Morgan fingerprint density at radius 3 is 2.62 bits per heavy atom. The summed E-state index contributed by atoms with van der Waals surface area (Å²) >= 11 is 3.42. The van der Waals surface area contributed by atoms with Gasteiger partial charge < -0.3 is 10.5 Å². The van der Waals surface area contributed by atoms with Gasteiger partial charge in [0.25, 0.3) is 0 Å². The quantitative estimate of drug-likeness (QED) is 0.872. The summed E-state index contributed by atoms with van der Waals surface area (Å²) < 4.78 is 33.0. The van der Waals surface area contributed by atoms with Crippen molar-refractivity contribution < 1.29 is 13.5 Å². The second kappa shape index (κ2) is 7.00. The summed E-state index contributed by atoms with van der Waals surface area (Å²) in [5.74, 6) is -0.580. The van der Waals surface area contributed by atoms with Crippen molar-refractivity contribution in [3.05, 3.63) is 63.6 Å². The molecule has 2 aromatic rings. The third kappa shape index (κ3) is 4.25. The number of hydrogen-bond donors (Lipinski definition) is 1. The van der Waals surface area contributed by atoms with E-state index in [0.717, 1.165) is 16.1 Å². The molecule has 0 saturated carbocycles. The van der Waals surface area contributed by atoms with Crippen LogP contribution in [-0.4, -0.2) is 6.04 Å². The molecule has 0 aliphatic heterocycles. The Bertz CT molecular complexity index is 632. The monoisotopic (exact) mass is 355 g/mol. The van der Waals surface area contributed by atoms with E-state index in [0.29, 0.717) is 17.7 Å². The minimum absolute atomic E-state index is 0.00999. The largest absolute Gasteiger partial charge is 0.487 e. The van der Waals surface area contributed by atoms with E-state index in [-0.39, 0.29) is 12.6 Å². The van der Waals surface area contributed by atoms with Crippen molar-refractivity contribution in [3.63, 3.8) is 0 Å². The van der Waals surface area contributed by atoms with Crippen LogP contribution >= 0.6 is 15.9 Å². The topological polar surface area (TPSA) is 35.2 Å². The van der Waals surface area contributed by atoms with Crippen LogP contribution in [0.15, 0.2) is 40.9 Å². The molecule has 5 heteroatoms. The minimum Gasteiger partial charge on any atom is -0.487 e. The van der Waals surface area contributed by atoms with Gasteiger partial charge in [0.05, 0.1) is 4.47 Å². The molecule has 0 aromatic heterocycles. The lowest BCUT2D eigenvalue weighted by Gasteiger charge is -2.15. The lowest BCUT2D eigenvalue weighted by Crippen LogP contribution is -2.18. The number of nitrogens with two attached hydrogens (primary N) is 1. The molecule has 2 nitrogen and oxygen atoms in total. The van der Waals surface area contributed by atoms with Gasteiger partial charge in [-0.3, -0.25) is 0 Å². The zero-order chi connectivity index (χ0) is 15.4. The molecule has 2 N–H and O–H groups in total. The zero-order valence-electron chi connectivity index (χ0n) is 11.6. The van der Waals surface area contributed by atoms with Crippen molar-refractivity contribution >= 4 is 15.9 Å². The predicted octanol–water partition coefficient (Wildman–Crippen LogP) is 4.20. The Labute approximate surface area is 131 Å². The number of para-hydroxylation sites is 1. The first-order chi connectivity index (χ1) is 9.97. The van der Waals surface area contributed by atoms with Crippen LogP contribution in [-0.2, 0) is 13.0 Å². The van der Waals surface area contributed by atoms with Crippen molar-refractivity contribution in [2.24, 2.45) is 5.73 Å². The van der Waals surface area contributed by atoms with Crippen LogP contribution in [0.3, 0.4) is 0 Å². The van der Waals surface area contributed by atoms with Gasteiger partial charge in [0.2, 0.25) is 0 Å². The second-order valence-corrected chi connectivity index (χ2v) is 5.79. The van der Waals surface area contributed by atoms with E-state index in [2.05, 4.69) is 15.9 Å². The van der Waals surface area contributed by atoms with Crippen LogP contribution < -0.4 is 10.5 Å². The molecule has 0 bridgehead atoms. The van der Waals surface area contributed by atoms with Crippen molar-refractivity contribution in [1.29, 1.82) is 0 Å². The van der Waals surface area contributed by atoms with Crippen LogP contribution in [0.1, 0.15) is 18.1 Å². The maximum atomic E-state index is 13.6. The number of rotatable bonds is 5. The molecule has 1 unspecified atom stereocenters. The molecule has 0 aliphatic carbocycles. The van der Waals surface area contributed by atoms with Gasteiger partial charge in [-0.25, -0.2) is 8.78 Å². The Balaban J connectivity index is 2.19. The Kier molecular flexibility index (Phi) is 5.31. The average molecular weight is 356 g/mol. The summed E-state index contributed by atoms with van der Waals surface area (Å²) in [5.41, 5.74) is 7.07. The molecule has 0 heterocycles. The van der Waals surface area contributed by atoms with Crippen LogP contribution in [0.2, 0.25) is 0 Å². The molecule has 0 amide bonds. The average Bonchev–Trinajstić information content (AvgIpc) is 2.39. The van der Waals surface area contributed by atoms with E-state index in [4.69, 9.17) is 10.5 Å². The number of hydrogen-bond acceptors (Lipinski definition) is 2.